The zero-order valence-electron chi connectivity index (χ0n) is 12.7. The maximum atomic E-state index is 12.0. The van der Waals surface area contributed by atoms with Crippen LogP contribution >= 0.6 is 0 Å². The molecule has 0 saturated heterocycles. The predicted octanol–water partition coefficient (Wildman–Crippen LogP) is 1.72. The normalized spacial score (nSPS) is 14.8. The Kier molecular flexibility index (Phi) is 5.14. The molecule has 1 atom stereocenters. The lowest BCUT2D eigenvalue weighted by molar-refractivity contribution is -0.141. The van der Waals surface area contributed by atoms with Gasteiger partial charge in [-0.05, 0) is 44.0 Å². The Labute approximate surface area is 129 Å². The lowest BCUT2D eigenvalue weighted by atomic mass is 10.1. The monoisotopic (exact) mass is 304 g/mol. The fourth-order valence-electron chi connectivity index (χ4n) is 1.99. The molecule has 1 aromatic carbocycles. The van der Waals surface area contributed by atoms with E-state index in [9.17, 15) is 14.4 Å². The smallest absolute Gasteiger partial charge is 0.307 e. The number of ether oxygens (including phenoxy) is 1. The predicted molar refractivity (Wildman–Crippen MR) is 81.4 cm³/mol. The fraction of sp³-hybridized carbons (Fsp3) is 0.438. The maximum absolute atomic E-state index is 12.0. The SMILES string of the molecule is COC(=O)CC(C)NC(=O)c1ccc(NC(=O)C2CC2)cc1. The molecule has 1 unspecified atom stereocenters. The molecule has 22 heavy (non-hydrogen) atoms. The van der Waals surface area contributed by atoms with Crippen LogP contribution in [0, 0.1) is 5.92 Å². The van der Waals surface area contributed by atoms with Gasteiger partial charge in [0.2, 0.25) is 5.91 Å². The zero-order valence-corrected chi connectivity index (χ0v) is 12.7. The summed E-state index contributed by atoms with van der Waals surface area (Å²) in [5.74, 6) is -0.464. The number of hydrogen-bond acceptors (Lipinski definition) is 4. The summed E-state index contributed by atoms with van der Waals surface area (Å²) in [6, 6.07) is 6.36. The molecule has 1 aliphatic carbocycles. The molecular formula is C16H20N2O4. The Morgan fingerprint density at radius 1 is 1.23 bits per heavy atom. The van der Waals surface area contributed by atoms with Crippen LogP contribution in [0.4, 0.5) is 5.69 Å². The van der Waals surface area contributed by atoms with E-state index in [4.69, 9.17) is 0 Å². The minimum absolute atomic E-state index is 0.0314. The van der Waals surface area contributed by atoms with Crippen molar-refractivity contribution in [3.8, 4) is 0 Å². The van der Waals surface area contributed by atoms with Gasteiger partial charge in [-0.15, -0.1) is 0 Å². The summed E-state index contributed by atoms with van der Waals surface area (Å²) in [6.45, 7) is 1.74. The fourth-order valence-corrected chi connectivity index (χ4v) is 1.99. The molecule has 0 bridgehead atoms. The second kappa shape index (κ2) is 7.06. The minimum Gasteiger partial charge on any atom is -0.469 e. The van der Waals surface area contributed by atoms with Crippen LogP contribution in [0.1, 0.15) is 36.5 Å². The third kappa shape index (κ3) is 4.58. The molecule has 0 spiro atoms. The molecule has 0 aliphatic heterocycles. The van der Waals surface area contributed by atoms with Crippen LogP contribution < -0.4 is 10.6 Å². The van der Waals surface area contributed by atoms with Crippen LogP contribution in [-0.4, -0.2) is 30.9 Å². The molecule has 0 heterocycles. The molecule has 6 heteroatoms. The van der Waals surface area contributed by atoms with Crippen molar-refractivity contribution in [3.63, 3.8) is 0 Å². The van der Waals surface area contributed by atoms with Gasteiger partial charge in [0.05, 0.1) is 13.5 Å². The third-order valence-electron chi connectivity index (χ3n) is 3.44. The summed E-state index contributed by atoms with van der Waals surface area (Å²) >= 11 is 0. The van der Waals surface area contributed by atoms with Gasteiger partial charge in [-0.25, -0.2) is 0 Å². The van der Waals surface area contributed by atoms with Gasteiger partial charge in [0.1, 0.15) is 0 Å². The lowest BCUT2D eigenvalue weighted by Gasteiger charge is -2.13. The number of esters is 1. The molecule has 2 amide bonds. The van der Waals surface area contributed by atoms with E-state index < -0.39 is 0 Å². The number of anilines is 1. The van der Waals surface area contributed by atoms with Crippen molar-refractivity contribution in [1.82, 2.24) is 5.32 Å². The summed E-state index contributed by atoms with van der Waals surface area (Å²) in [5, 5.41) is 5.54. The Bertz CT molecular complexity index is 564. The molecule has 118 valence electrons. The second-order valence-electron chi connectivity index (χ2n) is 5.50. The van der Waals surface area contributed by atoms with E-state index in [2.05, 4.69) is 15.4 Å². The standard InChI is InChI=1S/C16H20N2O4/c1-10(9-14(19)22-2)17-15(20)12-5-7-13(8-6-12)18-16(21)11-3-4-11/h5-8,10-11H,3-4,9H2,1-2H3,(H,17,20)(H,18,21). The van der Waals surface area contributed by atoms with Crippen molar-refractivity contribution in [2.45, 2.75) is 32.2 Å². The number of nitrogens with one attached hydrogen (secondary N) is 2. The number of hydrogen-bond donors (Lipinski definition) is 2. The van der Waals surface area contributed by atoms with E-state index in [-0.39, 0.29) is 36.2 Å². The summed E-state index contributed by atoms with van der Waals surface area (Å²) in [4.78, 5) is 34.8. The molecule has 1 saturated carbocycles. The van der Waals surface area contributed by atoms with Crippen molar-refractivity contribution in [2.75, 3.05) is 12.4 Å². The number of carbonyl (C=O) groups is 3. The molecule has 6 nitrogen and oxygen atoms in total. The molecule has 0 aromatic heterocycles. The first-order chi connectivity index (χ1) is 10.5. The average molecular weight is 304 g/mol. The summed E-state index contributed by atoms with van der Waals surface area (Å²) in [6.07, 6.45) is 2.02. The van der Waals surface area contributed by atoms with Gasteiger partial charge in [-0.1, -0.05) is 0 Å². The Morgan fingerprint density at radius 2 is 1.86 bits per heavy atom. The number of carbonyl (C=O) groups excluding carboxylic acids is 3. The quantitative estimate of drug-likeness (QED) is 0.784. The molecule has 1 fully saturated rings. The number of benzene rings is 1. The van der Waals surface area contributed by atoms with Crippen LogP contribution in [0.2, 0.25) is 0 Å². The highest BCUT2D eigenvalue weighted by Gasteiger charge is 2.29. The molecular weight excluding hydrogens is 284 g/mol. The van der Waals surface area contributed by atoms with E-state index in [0.717, 1.165) is 12.8 Å². The van der Waals surface area contributed by atoms with Crippen molar-refractivity contribution in [1.29, 1.82) is 0 Å². The Morgan fingerprint density at radius 3 is 2.41 bits per heavy atom. The van der Waals surface area contributed by atoms with E-state index >= 15 is 0 Å². The van der Waals surface area contributed by atoms with Crippen LogP contribution in [0.15, 0.2) is 24.3 Å². The van der Waals surface area contributed by atoms with Crippen molar-refractivity contribution < 1.29 is 19.1 Å². The molecule has 2 N–H and O–H groups in total. The number of amides is 2. The minimum atomic E-state index is -0.370. The average Bonchev–Trinajstić information content (AvgIpc) is 3.32. The highest BCUT2D eigenvalue weighted by Crippen LogP contribution is 2.30. The maximum Gasteiger partial charge on any atom is 0.307 e. The third-order valence-corrected chi connectivity index (χ3v) is 3.44. The molecule has 2 rings (SSSR count). The summed E-state index contributed by atoms with van der Waals surface area (Å²) in [5.41, 5.74) is 1.15. The van der Waals surface area contributed by atoms with E-state index in [1.807, 2.05) is 0 Å². The molecule has 0 radical (unpaired) electrons. The zero-order chi connectivity index (χ0) is 16.1. The highest BCUT2D eigenvalue weighted by molar-refractivity contribution is 5.97. The number of rotatable bonds is 6. The van der Waals surface area contributed by atoms with Crippen molar-refractivity contribution >= 4 is 23.5 Å². The van der Waals surface area contributed by atoms with Gasteiger partial charge in [0, 0.05) is 23.2 Å². The van der Waals surface area contributed by atoms with Gasteiger partial charge >= 0.3 is 5.97 Å². The van der Waals surface area contributed by atoms with Crippen LogP contribution in [0.25, 0.3) is 0 Å². The van der Waals surface area contributed by atoms with Crippen molar-refractivity contribution in [2.24, 2.45) is 5.92 Å². The second-order valence-corrected chi connectivity index (χ2v) is 5.50. The van der Waals surface area contributed by atoms with Gasteiger partial charge in [-0.2, -0.15) is 0 Å². The Hall–Kier alpha value is -2.37. The summed E-state index contributed by atoms with van der Waals surface area (Å²) < 4.78 is 4.55. The topological polar surface area (TPSA) is 84.5 Å². The highest BCUT2D eigenvalue weighted by atomic mass is 16.5. The van der Waals surface area contributed by atoms with Gasteiger partial charge in [-0.3, -0.25) is 14.4 Å². The Balaban J connectivity index is 1.87. The lowest BCUT2D eigenvalue weighted by Crippen LogP contribution is -2.34. The van der Waals surface area contributed by atoms with Gasteiger partial charge in [0.25, 0.3) is 5.91 Å². The van der Waals surface area contributed by atoms with Crippen LogP contribution in [0.3, 0.4) is 0 Å². The van der Waals surface area contributed by atoms with E-state index in [1.54, 1.807) is 31.2 Å². The van der Waals surface area contributed by atoms with Crippen LogP contribution in [-0.2, 0) is 14.3 Å². The first-order valence-electron chi connectivity index (χ1n) is 7.28. The molecule has 1 aliphatic rings. The van der Waals surface area contributed by atoms with E-state index in [0.29, 0.717) is 11.3 Å². The first-order valence-corrected chi connectivity index (χ1v) is 7.28. The number of methoxy groups -OCH3 is 1. The van der Waals surface area contributed by atoms with Gasteiger partial charge < -0.3 is 15.4 Å². The first kappa shape index (κ1) is 16.0. The largest absolute Gasteiger partial charge is 0.469 e. The van der Waals surface area contributed by atoms with Gasteiger partial charge in [0.15, 0.2) is 0 Å². The molecule has 1 aromatic rings. The van der Waals surface area contributed by atoms with Crippen molar-refractivity contribution in [3.05, 3.63) is 29.8 Å². The van der Waals surface area contributed by atoms with E-state index in [1.165, 1.54) is 7.11 Å². The van der Waals surface area contributed by atoms with Crippen LogP contribution in [0.5, 0.6) is 0 Å². The summed E-state index contributed by atoms with van der Waals surface area (Å²) in [7, 11) is 1.31.